The van der Waals surface area contributed by atoms with Crippen molar-refractivity contribution in [3.05, 3.63) is 0 Å². The summed E-state index contributed by atoms with van der Waals surface area (Å²) in [5.74, 6) is 0. The van der Waals surface area contributed by atoms with Crippen molar-refractivity contribution in [3.8, 4) is 0 Å². The van der Waals surface area contributed by atoms with Crippen molar-refractivity contribution >= 4 is 0 Å². The lowest BCUT2D eigenvalue weighted by molar-refractivity contribution is -0.0701. The van der Waals surface area contributed by atoms with Crippen LogP contribution in [0.15, 0.2) is 0 Å². The Balaban J connectivity index is 2.03. The Morgan fingerprint density at radius 3 is 2.43 bits per heavy atom. The van der Waals surface area contributed by atoms with E-state index in [1.807, 2.05) is 0 Å². The van der Waals surface area contributed by atoms with Crippen molar-refractivity contribution in [2.24, 2.45) is 5.41 Å². The van der Waals surface area contributed by atoms with E-state index in [0.717, 1.165) is 26.3 Å². The van der Waals surface area contributed by atoms with Crippen LogP contribution in [0.4, 0.5) is 0 Å². The molecule has 2 rings (SSSR count). The molecule has 3 nitrogen and oxygen atoms in total. The van der Waals surface area contributed by atoms with Crippen LogP contribution < -0.4 is 5.32 Å². The standard InChI is InChI=1S/C18H36N2O/c1-4-11-19-14-18(9-7-5-6-8-10-18)15-20-12-13-21-16-17(20,2)3/h19H,4-16H2,1-3H3. The quantitative estimate of drug-likeness (QED) is 0.600. The number of nitrogens with zero attached hydrogens (tertiary/aromatic N) is 1. The average Bonchev–Trinajstić information content (AvgIpc) is 2.68. The van der Waals surface area contributed by atoms with Gasteiger partial charge in [-0.1, -0.05) is 32.6 Å². The van der Waals surface area contributed by atoms with Gasteiger partial charge in [0.05, 0.1) is 13.2 Å². The number of hydrogen-bond acceptors (Lipinski definition) is 3. The van der Waals surface area contributed by atoms with E-state index >= 15 is 0 Å². The maximum absolute atomic E-state index is 5.70. The molecule has 1 heterocycles. The first kappa shape index (κ1) is 17.2. The molecule has 2 fully saturated rings. The van der Waals surface area contributed by atoms with Gasteiger partial charge in [0.2, 0.25) is 0 Å². The fourth-order valence-corrected chi connectivity index (χ4v) is 3.99. The van der Waals surface area contributed by atoms with Crippen LogP contribution in [0.25, 0.3) is 0 Å². The molecule has 0 unspecified atom stereocenters. The zero-order valence-corrected chi connectivity index (χ0v) is 14.5. The fraction of sp³-hybridized carbons (Fsp3) is 1.00. The summed E-state index contributed by atoms with van der Waals surface area (Å²) < 4.78 is 5.70. The number of ether oxygens (including phenoxy) is 1. The second-order valence-electron chi connectivity index (χ2n) is 7.88. The molecular weight excluding hydrogens is 260 g/mol. The molecule has 3 heteroatoms. The highest BCUT2D eigenvalue weighted by Gasteiger charge is 2.38. The Kier molecular flexibility index (Phi) is 6.51. The third-order valence-electron chi connectivity index (χ3n) is 5.43. The molecule has 2 aliphatic rings. The Bertz CT molecular complexity index is 296. The highest BCUT2D eigenvalue weighted by molar-refractivity contribution is 4.93. The summed E-state index contributed by atoms with van der Waals surface area (Å²) in [6.07, 6.45) is 9.73. The first-order chi connectivity index (χ1) is 10.1. The number of nitrogens with one attached hydrogen (secondary N) is 1. The monoisotopic (exact) mass is 296 g/mol. The van der Waals surface area contributed by atoms with E-state index in [2.05, 4.69) is 31.0 Å². The molecule has 124 valence electrons. The molecule has 0 spiro atoms. The Morgan fingerprint density at radius 2 is 1.81 bits per heavy atom. The van der Waals surface area contributed by atoms with Crippen LogP contribution in [-0.2, 0) is 4.74 Å². The van der Waals surface area contributed by atoms with Crippen molar-refractivity contribution in [1.29, 1.82) is 0 Å². The van der Waals surface area contributed by atoms with Gasteiger partial charge in [0.1, 0.15) is 0 Å². The molecule has 0 aromatic carbocycles. The van der Waals surface area contributed by atoms with Crippen molar-refractivity contribution < 1.29 is 4.74 Å². The van der Waals surface area contributed by atoms with Crippen LogP contribution in [0.3, 0.4) is 0 Å². The summed E-state index contributed by atoms with van der Waals surface area (Å²) in [6, 6.07) is 0. The molecule has 0 atom stereocenters. The molecule has 0 aromatic rings. The van der Waals surface area contributed by atoms with Crippen molar-refractivity contribution in [1.82, 2.24) is 10.2 Å². The molecule has 1 saturated carbocycles. The van der Waals surface area contributed by atoms with Crippen LogP contribution in [0.5, 0.6) is 0 Å². The second kappa shape index (κ2) is 7.94. The Labute approximate surface area is 131 Å². The van der Waals surface area contributed by atoms with Gasteiger partial charge in [0.25, 0.3) is 0 Å². The zero-order valence-electron chi connectivity index (χ0n) is 14.5. The van der Waals surface area contributed by atoms with Crippen molar-refractivity contribution in [2.45, 2.75) is 71.3 Å². The lowest BCUT2D eigenvalue weighted by Gasteiger charge is -2.47. The largest absolute Gasteiger partial charge is 0.378 e. The lowest BCUT2D eigenvalue weighted by atomic mass is 9.78. The van der Waals surface area contributed by atoms with Crippen LogP contribution in [0.2, 0.25) is 0 Å². The van der Waals surface area contributed by atoms with Gasteiger partial charge in [-0.25, -0.2) is 0 Å². The minimum absolute atomic E-state index is 0.197. The third kappa shape index (κ3) is 4.94. The summed E-state index contributed by atoms with van der Waals surface area (Å²) in [4.78, 5) is 2.70. The third-order valence-corrected chi connectivity index (χ3v) is 5.43. The molecule has 1 aliphatic heterocycles. The highest BCUT2D eigenvalue weighted by Crippen LogP contribution is 2.37. The molecule has 21 heavy (non-hydrogen) atoms. The predicted molar refractivity (Wildman–Crippen MR) is 89.8 cm³/mol. The summed E-state index contributed by atoms with van der Waals surface area (Å²) in [7, 11) is 0. The fourth-order valence-electron chi connectivity index (χ4n) is 3.99. The first-order valence-corrected chi connectivity index (χ1v) is 9.12. The molecule has 0 radical (unpaired) electrons. The van der Waals surface area contributed by atoms with Gasteiger partial charge in [-0.3, -0.25) is 4.90 Å². The van der Waals surface area contributed by atoms with Crippen LogP contribution in [-0.4, -0.2) is 49.8 Å². The van der Waals surface area contributed by atoms with E-state index in [-0.39, 0.29) is 5.54 Å². The van der Waals surface area contributed by atoms with Crippen molar-refractivity contribution in [3.63, 3.8) is 0 Å². The topological polar surface area (TPSA) is 24.5 Å². The smallest absolute Gasteiger partial charge is 0.0645 e. The molecule has 1 aliphatic carbocycles. The molecule has 1 N–H and O–H groups in total. The van der Waals surface area contributed by atoms with Gasteiger partial charge in [0.15, 0.2) is 0 Å². The molecular formula is C18H36N2O. The van der Waals surface area contributed by atoms with E-state index < -0.39 is 0 Å². The predicted octanol–water partition coefficient (Wildman–Crippen LogP) is 3.44. The minimum Gasteiger partial charge on any atom is -0.378 e. The SMILES string of the molecule is CCCNCC1(CN2CCOCC2(C)C)CCCCCC1. The molecule has 0 bridgehead atoms. The minimum atomic E-state index is 0.197. The van der Waals surface area contributed by atoms with Gasteiger partial charge in [-0.15, -0.1) is 0 Å². The highest BCUT2D eigenvalue weighted by atomic mass is 16.5. The van der Waals surface area contributed by atoms with Crippen molar-refractivity contribution in [2.75, 3.05) is 39.4 Å². The molecule has 0 aromatic heterocycles. The van der Waals surface area contributed by atoms with E-state index in [1.165, 1.54) is 58.0 Å². The number of morpholine rings is 1. The summed E-state index contributed by atoms with van der Waals surface area (Å²) in [5, 5.41) is 3.73. The molecule has 1 saturated heterocycles. The van der Waals surface area contributed by atoms with E-state index in [1.54, 1.807) is 0 Å². The Morgan fingerprint density at radius 1 is 1.10 bits per heavy atom. The summed E-state index contributed by atoms with van der Waals surface area (Å²) in [6.45, 7) is 13.4. The van der Waals surface area contributed by atoms with Gasteiger partial charge < -0.3 is 10.1 Å². The second-order valence-corrected chi connectivity index (χ2v) is 7.88. The normalized spacial score (nSPS) is 26.4. The number of rotatable bonds is 6. The maximum Gasteiger partial charge on any atom is 0.0645 e. The van der Waals surface area contributed by atoms with Gasteiger partial charge in [-0.05, 0) is 45.1 Å². The lowest BCUT2D eigenvalue weighted by Crippen LogP contribution is -2.57. The van der Waals surface area contributed by atoms with Gasteiger partial charge >= 0.3 is 0 Å². The zero-order chi connectivity index (χ0) is 15.2. The van der Waals surface area contributed by atoms with Gasteiger partial charge in [0, 0.05) is 25.2 Å². The van der Waals surface area contributed by atoms with Crippen LogP contribution in [0, 0.1) is 5.41 Å². The molecule has 0 amide bonds. The van der Waals surface area contributed by atoms with Crippen LogP contribution in [0.1, 0.15) is 65.7 Å². The first-order valence-electron chi connectivity index (χ1n) is 9.12. The van der Waals surface area contributed by atoms with Crippen LogP contribution >= 0.6 is 0 Å². The summed E-state index contributed by atoms with van der Waals surface area (Å²) in [5.41, 5.74) is 0.683. The van der Waals surface area contributed by atoms with E-state index in [9.17, 15) is 0 Å². The maximum atomic E-state index is 5.70. The van der Waals surface area contributed by atoms with Gasteiger partial charge in [-0.2, -0.15) is 0 Å². The Hall–Kier alpha value is -0.120. The number of hydrogen-bond donors (Lipinski definition) is 1. The van der Waals surface area contributed by atoms with E-state index in [0.29, 0.717) is 5.41 Å². The van der Waals surface area contributed by atoms with E-state index in [4.69, 9.17) is 4.74 Å². The summed E-state index contributed by atoms with van der Waals surface area (Å²) >= 11 is 0. The average molecular weight is 296 g/mol.